The highest BCUT2D eigenvalue weighted by atomic mass is 16.5. The van der Waals surface area contributed by atoms with Crippen LogP contribution in [0.5, 0.6) is 5.75 Å². The summed E-state index contributed by atoms with van der Waals surface area (Å²) in [5.74, 6) is 1.98. The summed E-state index contributed by atoms with van der Waals surface area (Å²) in [6.07, 6.45) is 2.61. The first-order valence-electron chi connectivity index (χ1n) is 9.84. The van der Waals surface area contributed by atoms with Crippen LogP contribution in [0.25, 0.3) is 0 Å². The number of likely N-dealkylation sites (tertiary alicyclic amines) is 1. The highest BCUT2D eigenvalue weighted by Gasteiger charge is 2.25. The lowest BCUT2D eigenvalue weighted by molar-refractivity contribution is 0.264. The van der Waals surface area contributed by atoms with Crippen molar-refractivity contribution >= 4 is 11.6 Å². The van der Waals surface area contributed by atoms with E-state index in [1.807, 2.05) is 19.2 Å². The fraction of sp³-hybridized carbons (Fsp3) is 0.650. The lowest BCUT2D eigenvalue weighted by Crippen LogP contribution is -2.54. The van der Waals surface area contributed by atoms with Crippen LogP contribution in [0.1, 0.15) is 19.8 Å². The molecule has 1 aromatic carbocycles. The van der Waals surface area contributed by atoms with Crippen LogP contribution in [-0.2, 0) is 0 Å². The lowest BCUT2D eigenvalue weighted by atomic mass is 10.2. The van der Waals surface area contributed by atoms with Crippen LogP contribution in [0.15, 0.2) is 29.3 Å². The van der Waals surface area contributed by atoms with Crippen molar-refractivity contribution < 1.29 is 4.74 Å². The van der Waals surface area contributed by atoms with E-state index < -0.39 is 0 Å². The first kappa shape index (κ1) is 18.8. The van der Waals surface area contributed by atoms with E-state index in [4.69, 9.17) is 4.74 Å². The number of aliphatic imine (C=N–C) groups is 1. The topological polar surface area (TPSA) is 43.3 Å². The molecule has 0 radical (unpaired) electrons. The van der Waals surface area contributed by atoms with E-state index in [0.717, 1.165) is 51.0 Å². The monoisotopic (exact) mass is 359 g/mol. The van der Waals surface area contributed by atoms with Crippen LogP contribution >= 0.6 is 0 Å². The third-order valence-corrected chi connectivity index (χ3v) is 5.62. The molecule has 6 heteroatoms. The number of rotatable bonds is 5. The van der Waals surface area contributed by atoms with Gasteiger partial charge in [-0.2, -0.15) is 0 Å². The molecule has 144 valence electrons. The zero-order chi connectivity index (χ0) is 18.4. The second-order valence-electron chi connectivity index (χ2n) is 7.00. The standard InChI is InChI=1S/C20H33N5O/c1-4-23-11-7-8-17(23)16-22-20(21-2)25-14-12-24(13-15-25)18-9-5-6-10-19(18)26-3/h5-6,9-10,17H,4,7-8,11-16H2,1-3H3,(H,21,22). The number of hydrogen-bond acceptors (Lipinski definition) is 4. The van der Waals surface area contributed by atoms with Gasteiger partial charge >= 0.3 is 0 Å². The number of hydrogen-bond donors (Lipinski definition) is 1. The number of nitrogens with one attached hydrogen (secondary N) is 1. The van der Waals surface area contributed by atoms with E-state index in [2.05, 4.69) is 44.1 Å². The van der Waals surface area contributed by atoms with Gasteiger partial charge in [0.1, 0.15) is 5.75 Å². The average molecular weight is 360 g/mol. The normalized spacial score (nSPS) is 22.0. The summed E-state index contributed by atoms with van der Waals surface area (Å²) in [5.41, 5.74) is 1.18. The third-order valence-electron chi connectivity index (χ3n) is 5.62. The molecule has 2 fully saturated rings. The molecule has 1 N–H and O–H groups in total. The van der Waals surface area contributed by atoms with Crippen molar-refractivity contribution in [2.45, 2.75) is 25.8 Å². The molecule has 1 aromatic rings. The van der Waals surface area contributed by atoms with Crippen molar-refractivity contribution in [2.75, 3.05) is 64.9 Å². The third kappa shape index (κ3) is 4.23. The molecule has 0 spiro atoms. The van der Waals surface area contributed by atoms with Gasteiger partial charge in [-0.3, -0.25) is 9.89 Å². The van der Waals surface area contributed by atoms with Crippen molar-refractivity contribution in [1.82, 2.24) is 15.1 Å². The Morgan fingerprint density at radius 1 is 1.19 bits per heavy atom. The van der Waals surface area contributed by atoms with Gasteiger partial charge in [0.05, 0.1) is 12.8 Å². The molecule has 0 bridgehead atoms. The number of piperazine rings is 1. The first-order valence-corrected chi connectivity index (χ1v) is 9.84. The highest BCUT2D eigenvalue weighted by molar-refractivity contribution is 5.80. The number of anilines is 1. The molecule has 0 aliphatic carbocycles. The molecule has 3 rings (SSSR count). The summed E-state index contributed by atoms with van der Waals surface area (Å²) in [6.45, 7) is 9.52. The van der Waals surface area contributed by atoms with Gasteiger partial charge in [-0.15, -0.1) is 0 Å². The van der Waals surface area contributed by atoms with Crippen molar-refractivity contribution in [3.05, 3.63) is 24.3 Å². The van der Waals surface area contributed by atoms with Crippen LogP contribution in [0.3, 0.4) is 0 Å². The molecule has 2 aliphatic heterocycles. The maximum Gasteiger partial charge on any atom is 0.193 e. The van der Waals surface area contributed by atoms with Crippen molar-refractivity contribution in [1.29, 1.82) is 0 Å². The summed E-state index contributed by atoms with van der Waals surface area (Å²) in [4.78, 5) is 11.9. The predicted molar refractivity (Wildman–Crippen MR) is 108 cm³/mol. The summed E-state index contributed by atoms with van der Waals surface area (Å²) < 4.78 is 5.51. The Bertz CT molecular complexity index is 598. The van der Waals surface area contributed by atoms with E-state index in [1.165, 1.54) is 25.1 Å². The Morgan fingerprint density at radius 3 is 2.65 bits per heavy atom. The fourth-order valence-corrected chi connectivity index (χ4v) is 4.13. The second kappa shape index (κ2) is 9.12. The lowest BCUT2D eigenvalue weighted by Gasteiger charge is -2.38. The second-order valence-corrected chi connectivity index (χ2v) is 7.00. The maximum atomic E-state index is 5.51. The molecule has 2 saturated heterocycles. The maximum absolute atomic E-state index is 5.51. The number of nitrogens with zero attached hydrogens (tertiary/aromatic N) is 4. The van der Waals surface area contributed by atoms with E-state index in [-0.39, 0.29) is 0 Å². The number of benzene rings is 1. The molecular formula is C20H33N5O. The van der Waals surface area contributed by atoms with Gasteiger partial charge in [0.15, 0.2) is 5.96 Å². The molecule has 1 atom stereocenters. The molecule has 26 heavy (non-hydrogen) atoms. The Hall–Kier alpha value is -1.95. The smallest absolute Gasteiger partial charge is 0.193 e. The van der Waals surface area contributed by atoms with Crippen LogP contribution < -0.4 is 15.0 Å². The van der Waals surface area contributed by atoms with Gasteiger partial charge in [0, 0.05) is 45.8 Å². The molecule has 0 amide bonds. The number of methoxy groups -OCH3 is 1. The van der Waals surface area contributed by atoms with Gasteiger partial charge in [0.25, 0.3) is 0 Å². The zero-order valence-corrected chi connectivity index (χ0v) is 16.4. The molecule has 2 heterocycles. The SMILES string of the molecule is CCN1CCCC1CNC(=NC)N1CCN(c2ccccc2OC)CC1. The summed E-state index contributed by atoms with van der Waals surface area (Å²) >= 11 is 0. The minimum Gasteiger partial charge on any atom is -0.495 e. The first-order chi connectivity index (χ1) is 12.8. The summed E-state index contributed by atoms with van der Waals surface area (Å²) in [6, 6.07) is 8.91. The molecule has 0 saturated carbocycles. The molecule has 0 aromatic heterocycles. The number of likely N-dealkylation sites (N-methyl/N-ethyl adjacent to an activating group) is 1. The highest BCUT2D eigenvalue weighted by Crippen LogP contribution is 2.28. The quantitative estimate of drug-likeness (QED) is 0.642. The molecule has 6 nitrogen and oxygen atoms in total. The molecule has 1 unspecified atom stereocenters. The Labute approximate surface area is 157 Å². The van der Waals surface area contributed by atoms with Gasteiger partial charge in [-0.05, 0) is 38.1 Å². The van der Waals surface area contributed by atoms with Gasteiger partial charge in [0.2, 0.25) is 0 Å². The summed E-state index contributed by atoms with van der Waals surface area (Å²) in [5, 5.41) is 3.61. The Morgan fingerprint density at radius 2 is 1.96 bits per heavy atom. The molecular weight excluding hydrogens is 326 g/mol. The number of para-hydroxylation sites is 2. The Balaban J connectivity index is 1.53. The van der Waals surface area contributed by atoms with Gasteiger partial charge in [-0.1, -0.05) is 19.1 Å². The fourth-order valence-electron chi connectivity index (χ4n) is 4.13. The Kier molecular flexibility index (Phi) is 6.61. The molecule has 2 aliphatic rings. The van der Waals surface area contributed by atoms with Gasteiger partial charge in [-0.25, -0.2) is 0 Å². The van der Waals surface area contributed by atoms with Crippen molar-refractivity contribution in [3.8, 4) is 5.75 Å². The minimum atomic E-state index is 0.645. The van der Waals surface area contributed by atoms with Crippen LogP contribution in [0.4, 0.5) is 5.69 Å². The number of ether oxygens (including phenoxy) is 1. The zero-order valence-electron chi connectivity index (χ0n) is 16.4. The van der Waals surface area contributed by atoms with E-state index in [0.29, 0.717) is 6.04 Å². The van der Waals surface area contributed by atoms with Crippen molar-refractivity contribution in [2.24, 2.45) is 4.99 Å². The van der Waals surface area contributed by atoms with E-state index in [1.54, 1.807) is 7.11 Å². The van der Waals surface area contributed by atoms with Gasteiger partial charge < -0.3 is 19.9 Å². The predicted octanol–water partition coefficient (Wildman–Crippen LogP) is 1.88. The average Bonchev–Trinajstić information content (AvgIpc) is 3.16. The van der Waals surface area contributed by atoms with E-state index >= 15 is 0 Å². The van der Waals surface area contributed by atoms with Crippen molar-refractivity contribution in [3.63, 3.8) is 0 Å². The van der Waals surface area contributed by atoms with Crippen LogP contribution in [-0.4, -0.2) is 81.8 Å². The summed E-state index contributed by atoms with van der Waals surface area (Å²) in [7, 11) is 3.63. The minimum absolute atomic E-state index is 0.645. The van der Waals surface area contributed by atoms with Crippen LogP contribution in [0.2, 0.25) is 0 Å². The largest absolute Gasteiger partial charge is 0.495 e. The van der Waals surface area contributed by atoms with E-state index in [9.17, 15) is 0 Å². The number of guanidine groups is 1. The van der Waals surface area contributed by atoms with Crippen LogP contribution in [0, 0.1) is 0 Å².